The maximum absolute atomic E-state index is 12.0. The van der Waals surface area contributed by atoms with Gasteiger partial charge in [0.15, 0.2) is 6.61 Å². The van der Waals surface area contributed by atoms with E-state index in [1.54, 1.807) is 18.4 Å². The van der Waals surface area contributed by atoms with E-state index in [9.17, 15) is 4.79 Å². The number of hydrogen-bond acceptors (Lipinski definition) is 5. The number of ether oxygens (including phenoxy) is 2. The van der Waals surface area contributed by atoms with Gasteiger partial charge in [0.05, 0.1) is 17.8 Å². The first-order valence-corrected chi connectivity index (χ1v) is 10.1. The molecule has 0 spiro atoms. The minimum atomic E-state index is -0.133. The summed E-state index contributed by atoms with van der Waals surface area (Å²) in [7, 11) is 1.65. The Morgan fingerprint density at radius 3 is 2.46 bits per heavy atom. The second kappa shape index (κ2) is 9.90. The number of benzene rings is 2. The largest absolute Gasteiger partial charge is 0.497 e. The molecular formula is C22H24N2O3S. The van der Waals surface area contributed by atoms with Crippen LogP contribution in [0, 0.1) is 0 Å². The van der Waals surface area contributed by atoms with Gasteiger partial charge in [-0.05, 0) is 48.4 Å². The highest BCUT2D eigenvalue weighted by Crippen LogP contribution is 2.24. The van der Waals surface area contributed by atoms with Crippen LogP contribution in [0.3, 0.4) is 0 Å². The van der Waals surface area contributed by atoms with Crippen molar-refractivity contribution in [3.05, 3.63) is 64.5 Å². The molecule has 0 radical (unpaired) electrons. The topological polar surface area (TPSA) is 60.5 Å². The Balaban J connectivity index is 1.41. The zero-order chi connectivity index (χ0) is 19.8. The van der Waals surface area contributed by atoms with Crippen LogP contribution < -0.4 is 14.8 Å². The molecule has 0 atom stereocenters. The van der Waals surface area contributed by atoms with Crippen molar-refractivity contribution in [2.24, 2.45) is 0 Å². The van der Waals surface area contributed by atoms with Crippen LogP contribution >= 0.6 is 11.3 Å². The van der Waals surface area contributed by atoms with Crippen LogP contribution in [0.2, 0.25) is 0 Å². The predicted octanol–water partition coefficient (Wildman–Crippen LogP) is 4.12. The van der Waals surface area contributed by atoms with Crippen LogP contribution in [0.15, 0.2) is 53.9 Å². The number of thiazole rings is 1. The van der Waals surface area contributed by atoms with E-state index in [0.29, 0.717) is 18.7 Å². The number of aromatic nitrogens is 1. The monoisotopic (exact) mass is 396 g/mol. The molecule has 1 heterocycles. The average molecular weight is 397 g/mol. The number of carbonyl (C=O) groups is 1. The number of aryl methyl sites for hydroxylation is 1. The molecule has 0 aliphatic heterocycles. The van der Waals surface area contributed by atoms with Gasteiger partial charge < -0.3 is 14.8 Å². The van der Waals surface area contributed by atoms with Gasteiger partial charge in [0.2, 0.25) is 0 Å². The Labute approximate surface area is 169 Å². The quantitative estimate of drug-likeness (QED) is 0.591. The van der Waals surface area contributed by atoms with Gasteiger partial charge in [-0.3, -0.25) is 4.79 Å². The van der Waals surface area contributed by atoms with Gasteiger partial charge in [-0.15, -0.1) is 11.3 Å². The van der Waals surface area contributed by atoms with E-state index in [1.165, 1.54) is 5.56 Å². The highest BCUT2D eigenvalue weighted by atomic mass is 32.1. The SMILES string of the molecule is CCc1ccc(OCC(=O)NCCc2nc(-c3ccc(OC)cc3)cs2)cc1. The molecule has 0 saturated carbocycles. The maximum Gasteiger partial charge on any atom is 0.257 e. The van der Waals surface area contributed by atoms with Crippen molar-refractivity contribution in [2.45, 2.75) is 19.8 Å². The number of rotatable bonds is 9. The Morgan fingerprint density at radius 1 is 1.07 bits per heavy atom. The lowest BCUT2D eigenvalue weighted by Gasteiger charge is -2.07. The molecule has 3 rings (SSSR count). The minimum absolute atomic E-state index is 0.0143. The molecule has 0 aliphatic carbocycles. The van der Waals surface area contributed by atoms with Crippen LogP contribution in [0.25, 0.3) is 11.3 Å². The Bertz CT molecular complexity index is 889. The van der Waals surface area contributed by atoms with Crippen LogP contribution in [0.1, 0.15) is 17.5 Å². The van der Waals surface area contributed by atoms with Crippen LogP contribution in [-0.2, 0) is 17.6 Å². The summed E-state index contributed by atoms with van der Waals surface area (Å²) in [4.78, 5) is 16.6. The number of nitrogens with one attached hydrogen (secondary N) is 1. The zero-order valence-electron chi connectivity index (χ0n) is 16.1. The third kappa shape index (κ3) is 5.57. The van der Waals surface area contributed by atoms with Crippen molar-refractivity contribution >= 4 is 17.2 Å². The standard InChI is InChI=1S/C22H24N2O3S/c1-3-16-4-8-19(9-5-16)27-14-21(25)23-13-12-22-24-20(15-28-22)17-6-10-18(26-2)11-7-17/h4-11,15H,3,12-14H2,1-2H3,(H,23,25). The molecule has 146 valence electrons. The lowest BCUT2D eigenvalue weighted by molar-refractivity contribution is -0.123. The minimum Gasteiger partial charge on any atom is -0.497 e. The first-order valence-electron chi connectivity index (χ1n) is 9.25. The molecule has 1 amide bonds. The molecule has 1 N–H and O–H groups in total. The Kier molecular flexibility index (Phi) is 7.03. The second-order valence-corrected chi connectivity index (χ2v) is 7.18. The molecule has 0 unspecified atom stereocenters. The molecule has 2 aromatic carbocycles. The lowest BCUT2D eigenvalue weighted by atomic mass is 10.2. The third-order valence-electron chi connectivity index (χ3n) is 4.30. The average Bonchev–Trinajstić information content (AvgIpc) is 3.21. The number of methoxy groups -OCH3 is 1. The summed E-state index contributed by atoms with van der Waals surface area (Å²) in [5.41, 5.74) is 3.23. The highest BCUT2D eigenvalue weighted by Gasteiger charge is 2.07. The number of carbonyl (C=O) groups excluding carboxylic acids is 1. The van der Waals surface area contributed by atoms with Crippen molar-refractivity contribution in [3.8, 4) is 22.8 Å². The summed E-state index contributed by atoms with van der Waals surface area (Å²) >= 11 is 1.59. The fraction of sp³-hybridized carbons (Fsp3) is 0.273. The molecule has 0 aliphatic rings. The molecular weight excluding hydrogens is 372 g/mol. The first-order chi connectivity index (χ1) is 13.7. The Morgan fingerprint density at radius 2 is 1.79 bits per heavy atom. The summed E-state index contributed by atoms with van der Waals surface area (Å²) < 4.78 is 10.7. The van der Waals surface area contributed by atoms with E-state index in [2.05, 4.69) is 17.2 Å². The molecule has 0 fully saturated rings. The van der Waals surface area contributed by atoms with Gasteiger partial charge in [0.25, 0.3) is 5.91 Å². The van der Waals surface area contributed by atoms with Crippen molar-refractivity contribution in [3.63, 3.8) is 0 Å². The molecule has 28 heavy (non-hydrogen) atoms. The molecule has 1 aromatic heterocycles. The molecule has 3 aromatic rings. The van der Waals surface area contributed by atoms with Crippen LogP contribution in [0.4, 0.5) is 0 Å². The number of amides is 1. The molecule has 6 heteroatoms. The van der Waals surface area contributed by atoms with E-state index in [0.717, 1.165) is 28.4 Å². The molecule has 0 bridgehead atoms. The van der Waals surface area contributed by atoms with Gasteiger partial charge in [0, 0.05) is 23.9 Å². The smallest absolute Gasteiger partial charge is 0.257 e. The molecule has 0 saturated heterocycles. The molecule has 5 nitrogen and oxygen atoms in total. The van der Waals surface area contributed by atoms with Gasteiger partial charge in [-0.2, -0.15) is 0 Å². The van der Waals surface area contributed by atoms with Gasteiger partial charge in [-0.1, -0.05) is 19.1 Å². The van der Waals surface area contributed by atoms with E-state index < -0.39 is 0 Å². The first kappa shape index (κ1) is 19.9. The van der Waals surface area contributed by atoms with Gasteiger partial charge in [-0.25, -0.2) is 4.98 Å². The fourth-order valence-corrected chi connectivity index (χ4v) is 3.46. The normalized spacial score (nSPS) is 10.5. The second-order valence-electron chi connectivity index (χ2n) is 6.24. The van der Waals surface area contributed by atoms with E-state index >= 15 is 0 Å². The fourth-order valence-electron chi connectivity index (χ4n) is 2.65. The number of nitrogens with zero attached hydrogens (tertiary/aromatic N) is 1. The number of hydrogen-bond donors (Lipinski definition) is 1. The van der Waals surface area contributed by atoms with Gasteiger partial charge >= 0.3 is 0 Å². The summed E-state index contributed by atoms with van der Waals surface area (Å²) in [5.74, 6) is 1.40. The summed E-state index contributed by atoms with van der Waals surface area (Å²) in [6.07, 6.45) is 1.68. The third-order valence-corrected chi connectivity index (χ3v) is 5.21. The lowest BCUT2D eigenvalue weighted by Crippen LogP contribution is -2.30. The summed E-state index contributed by atoms with van der Waals surface area (Å²) in [6, 6.07) is 15.6. The van der Waals surface area contributed by atoms with E-state index in [1.807, 2.05) is 53.9 Å². The van der Waals surface area contributed by atoms with Crippen LogP contribution in [0.5, 0.6) is 11.5 Å². The maximum atomic E-state index is 12.0. The van der Waals surface area contributed by atoms with Crippen molar-refractivity contribution in [1.29, 1.82) is 0 Å². The van der Waals surface area contributed by atoms with E-state index in [4.69, 9.17) is 9.47 Å². The van der Waals surface area contributed by atoms with E-state index in [-0.39, 0.29) is 12.5 Å². The van der Waals surface area contributed by atoms with Crippen molar-refractivity contribution in [2.75, 3.05) is 20.3 Å². The van der Waals surface area contributed by atoms with Crippen molar-refractivity contribution < 1.29 is 14.3 Å². The van der Waals surface area contributed by atoms with Crippen LogP contribution in [-0.4, -0.2) is 31.2 Å². The van der Waals surface area contributed by atoms with Gasteiger partial charge in [0.1, 0.15) is 11.5 Å². The zero-order valence-corrected chi connectivity index (χ0v) is 16.9. The van der Waals surface area contributed by atoms with Crippen molar-refractivity contribution in [1.82, 2.24) is 10.3 Å². The summed E-state index contributed by atoms with van der Waals surface area (Å²) in [5, 5.41) is 5.89. The highest BCUT2D eigenvalue weighted by molar-refractivity contribution is 7.09. The predicted molar refractivity (Wildman–Crippen MR) is 112 cm³/mol. The summed E-state index contributed by atoms with van der Waals surface area (Å²) in [6.45, 7) is 2.65. The Hall–Kier alpha value is -2.86.